The second-order valence-corrected chi connectivity index (χ2v) is 8.60. The zero-order valence-electron chi connectivity index (χ0n) is 14.2. The van der Waals surface area contributed by atoms with E-state index in [4.69, 9.17) is 4.74 Å². The maximum Gasteiger partial charge on any atom is 0.126 e. The summed E-state index contributed by atoms with van der Waals surface area (Å²) >= 11 is 0. The summed E-state index contributed by atoms with van der Waals surface area (Å²) in [5, 5.41) is 10.3. The van der Waals surface area contributed by atoms with Crippen molar-refractivity contribution < 1.29 is 14.7 Å². The normalized spacial score (nSPS) is 40.6. The van der Waals surface area contributed by atoms with Gasteiger partial charge >= 0.3 is 0 Å². The number of hydrogen-bond acceptors (Lipinski definition) is 2. The van der Waals surface area contributed by atoms with Crippen LogP contribution in [-0.4, -0.2) is 43.6 Å². The first-order valence-corrected chi connectivity index (χ1v) is 9.07. The molecule has 21 heavy (non-hydrogen) atoms. The topological polar surface area (TPSA) is 33.9 Å². The van der Waals surface area contributed by atoms with E-state index in [2.05, 4.69) is 20.8 Å². The van der Waals surface area contributed by atoms with Crippen molar-refractivity contribution in [3.63, 3.8) is 0 Å². The van der Waals surface area contributed by atoms with Crippen molar-refractivity contribution in [1.82, 2.24) is 0 Å². The van der Waals surface area contributed by atoms with Crippen LogP contribution in [0, 0.1) is 16.7 Å². The van der Waals surface area contributed by atoms with Gasteiger partial charge in [-0.2, -0.15) is 0 Å². The highest BCUT2D eigenvalue weighted by Gasteiger charge is 2.61. The average molecular weight is 296 g/mol. The van der Waals surface area contributed by atoms with Crippen LogP contribution in [-0.2, 0) is 4.74 Å². The van der Waals surface area contributed by atoms with Crippen molar-refractivity contribution in [1.29, 1.82) is 0 Å². The van der Waals surface area contributed by atoms with Crippen LogP contribution in [0.1, 0.15) is 59.3 Å². The molecule has 0 amide bonds. The Balaban J connectivity index is 1.47. The van der Waals surface area contributed by atoms with E-state index in [1.807, 2.05) is 0 Å². The summed E-state index contributed by atoms with van der Waals surface area (Å²) < 4.78 is 6.22. The Labute approximate surface area is 130 Å². The van der Waals surface area contributed by atoms with Gasteiger partial charge in [-0.1, -0.05) is 20.8 Å². The molecule has 3 heteroatoms. The van der Waals surface area contributed by atoms with Gasteiger partial charge in [-0.05, 0) is 55.3 Å². The minimum absolute atomic E-state index is 0.288. The Bertz CT molecular complexity index is 364. The number of likely N-dealkylation sites (tertiary alicyclic amines) is 1. The number of nitrogens with one attached hydrogen (secondary N) is 1. The van der Waals surface area contributed by atoms with Crippen LogP contribution in [0.15, 0.2) is 0 Å². The molecule has 1 saturated heterocycles. The van der Waals surface area contributed by atoms with E-state index in [1.165, 1.54) is 51.6 Å². The average Bonchev–Trinajstić information content (AvgIpc) is 2.79. The van der Waals surface area contributed by atoms with Gasteiger partial charge < -0.3 is 14.7 Å². The summed E-state index contributed by atoms with van der Waals surface area (Å²) in [6.45, 7) is 11.1. The minimum Gasteiger partial charge on any atom is -0.385 e. The van der Waals surface area contributed by atoms with Crippen LogP contribution in [0.2, 0.25) is 0 Å². The Morgan fingerprint density at radius 1 is 1.19 bits per heavy atom. The summed E-state index contributed by atoms with van der Waals surface area (Å²) in [6.07, 6.45) is 7.94. The van der Waals surface area contributed by atoms with Crippen LogP contribution in [0.3, 0.4) is 0 Å². The molecule has 2 N–H and O–H groups in total. The van der Waals surface area contributed by atoms with Gasteiger partial charge in [0.1, 0.15) is 12.6 Å². The van der Waals surface area contributed by atoms with Crippen molar-refractivity contribution in [3.05, 3.63) is 0 Å². The first-order valence-electron chi connectivity index (χ1n) is 9.07. The lowest BCUT2D eigenvalue weighted by Crippen LogP contribution is -3.14. The molecule has 4 atom stereocenters. The number of hydrogen-bond donors (Lipinski definition) is 2. The maximum absolute atomic E-state index is 10.3. The summed E-state index contributed by atoms with van der Waals surface area (Å²) in [5.41, 5.74) is 0.718. The molecular formula is C18H34NO2+. The fourth-order valence-electron chi connectivity index (χ4n) is 5.26. The van der Waals surface area contributed by atoms with Gasteiger partial charge in [0.05, 0.1) is 25.8 Å². The van der Waals surface area contributed by atoms with Crippen molar-refractivity contribution in [2.45, 2.75) is 71.5 Å². The third kappa shape index (κ3) is 2.77. The highest BCUT2D eigenvalue weighted by atomic mass is 16.5. The predicted octanol–water partition coefficient (Wildman–Crippen LogP) is 1.65. The van der Waals surface area contributed by atoms with Gasteiger partial charge in [-0.25, -0.2) is 0 Å². The monoisotopic (exact) mass is 296 g/mol. The Morgan fingerprint density at radius 3 is 2.48 bits per heavy atom. The zero-order chi connectivity index (χ0) is 15.1. The van der Waals surface area contributed by atoms with Gasteiger partial charge in [0.15, 0.2) is 0 Å². The van der Waals surface area contributed by atoms with Crippen LogP contribution in [0.4, 0.5) is 0 Å². The second-order valence-electron chi connectivity index (χ2n) is 8.60. The standard InChI is InChI=1S/C18H33NO2/c1-17(2)14-7-8-18(17,3)16(11-14)21-13-15(20)12-19-9-5-4-6-10-19/h14-16,20H,4-13H2,1-3H3/p+1/t14-,15-,16-,18-/m1/s1. The van der Waals surface area contributed by atoms with Gasteiger partial charge in [-0.3, -0.25) is 0 Å². The van der Waals surface area contributed by atoms with Crippen molar-refractivity contribution >= 4 is 0 Å². The third-order valence-electron chi connectivity index (χ3n) is 7.29. The van der Waals surface area contributed by atoms with Gasteiger partial charge in [0.2, 0.25) is 0 Å². The molecule has 0 aromatic heterocycles. The van der Waals surface area contributed by atoms with E-state index in [0.717, 1.165) is 12.5 Å². The number of piperidine rings is 1. The predicted molar refractivity (Wildman–Crippen MR) is 84.4 cm³/mol. The van der Waals surface area contributed by atoms with Crippen molar-refractivity contribution in [2.24, 2.45) is 16.7 Å². The molecular weight excluding hydrogens is 262 g/mol. The maximum atomic E-state index is 10.3. The SMILES string of the molecule is CC1(C)[C@@H]2CC[C@]1(C)[C@H](OC[C@H](O)C[NH+]1CCCCC1)C2. The van der Waals surface area contributed by atoms with E-state index < -0.39 is 0 Å². The fraction of sp³-hybridized carbons (Fsp3) is 1.00. The third-order valence-corrected chi connectivity index (χ3v) is 7.29. The molecule has 0 radical (unpaired) electrons. The zero-order valence-corrected chi connectivity index (χ0v) is 14.2. The fourth-order valence-corrected chi connectivity index (χ4v) is 5.26. The molecule has 2 aliphatic carbocycles. The summed E-state index contributed by atoms with van der Waals surface area (Å²) in [5.74, 6) is 0.817. The first kappa shape index (κ1) is 15.8. The van der Waals surface area contributed by atoms with Crippen LogP contribution in [0.5, 0.6) is 0 Å². The molecule has 1 heterocycles. The summed E-state index contributed by atoms with van der Waals surface area (Å²) in [6, 6.07) is 0. The lowest BCUT2D eigenvalue weighted by Gasteiger charge is -2.39. The highest BCUT2D eigenvalue weighted by Crippen LogP contribution is 2.66. The highest BCUT2D eigenvalue weighted by molar-refractivity contribution is 5.11. The largest absolute Gasteiger partial charge is 0.385 e. The molecule has 2 bridgehead atoms. The Hall–Kier alpha value is -0.120. The van der Waals surface area contributed by atoms with Crippen LogP contribution < -0.4 is 4.90 Å². The minimum atomic E-state index is -0.288. The molecule has 3 fully saturated rings. The van der Waals surface area contributed by atoms with E-state index in [-0.39, 0.29) is 6.10 Å². The number of fused-ring (bicyclic) bond motifs is 2. The Morgan fingerprint density at radius 2 is 1.90 bits per heavy atom. The molecule has 0 spiro atoms. The molecule has 2 saturated carbocycles. The van der Waals surface area contributed by atoms with E-state index in [1.54, 1.807) is 4.90 Å². The summed E-state index contributed by atoms with van der Waals surface area (Å²) in [4.78, 5) is 1.57. The molecule has 3 aliphatic rings. The number of aliphatic hydroxyl groups is 1. The lowest BCUT2D eigenvalue weighted by atomic mass is 9.70. The smallest absolute Gasteiger partial charge is 0.126 e. The lowest BCUT2D eigenvalue weighted by molar-refractivity contribution is -0.908. The molecule has 3 rings (SSSR count). The number of quaternary nitrogens is 1. The molecule has 0 aromatic carbocycles. The molecule has 1 aliphatic heterocycles. The molecule has 0 aromatic rings. The van der Waals surface area contributed by atoms with Crippen LogP contribution in [0.25, 0.3) is 0 Å². The van der Waals surface area contributed by atoms with E-state index in [0.29, 0.717) is 23.5 Å². The molecule has 0 unspecified atom stereocenters. The quantitative estimate of drug-likeness (QED) is 0.809. The van der Waals surface area contributed by atoms with Gasteiger partial charge in [0.25, 0.3) is 0 Å². The van der Waals surface area contributed by atoms with Crippen LogP contribution >= 0.6 is 0 Å². The van der Waals surface area contributed by atoms with Crippen molar-refractivity contribution in [3.8, 4) is 0 Å². The Kier molecular flexibility index (Phi) is 4.37. The van der Waals surface area contributed by atoms with E-state index >= 15 is 0 Å². The van der Waals surface area contributed by atoms with Gasteiger partial charge in [-0.15, -0.1) is 0 Å². The number of rotatable bonds is 5. The van der Waals surface area contributed by atoms with E-state index in [9.17, 15) is 5.11 Å². The first-order chi connectivity index (χ1) is 9.93. The molecule has 122 valence electrons. The van der Waals surface area contributed by atoms with Crippen molar-refractivity contribution in [2.75, 3.05) is 26.2 Å². The number of aliphatic hydroxyl groups excluding tert-OH is 1. The molecule has 3 nitrogen and oxygen atoms in total. The van der Waals surface area contributed by atoms with Gasteiger partial charge in [0, 0.05) is 0 Å². The summed E-state index contributed by atoms with van der Waals surface area (Å²) in [7, 11) is 0. The second kappa shape index (κ2) is 5.82. The number of ether oxygens (including phenoxy) is 1.